The molecule has 7 heteroatoms. The number of benzene rings is 2. The molecule has 0 saturated heterocycles. The first-order valence-corrected chi connectivity index (χ1v) is 10.5. The number of hydrogen-bond acceptors (Lipinski definition) is 3. The first-order valence-electron chi connectivity index (χ1n) is 9.08. The minimum atomic E-state index is -3.65. The molecule has 2 aromatic carbocycles. The van der Waals surface area contributed by atoms with Gasteiger partial charge in [0.05, 0.1) is 10.9 Å². The molecule has 2 amide bonds. The van der Waals surface area contributed by atoms with E-state index in [1.165, 1.54) is 4.31 Å². The van der Waals surface area contributed by atoms with Gasteiger partial charge in [-0.2, -0.15) is 4.31 Å². The van der Waals surface area contributed by atoms with Crippen molar-refractivity contribution in [3.05, 3.63) is 65.7 Å². The van der Waals surface area contributed by atoms with Crippen LogP contribution in [0.3, 0.4) is 0 Å². The van der Waals surface area contributed by atoms with E-state index >= 15 is 0 Å². The zero-order valence-corrected chi connectivity index (χ0v) is 16.4. The third-order valence-corrected chi connectivity index (χ3v) is 6.43. The number of carbonyl (C=O) groups is 1. The summed E-state index contributed by atoms with van der Waals surface area (Å²) in [5, 5.41) is 5.73. The average Bonchev–Trinajstić information content (AvgIpc) is 2.72. The smallest absolute Gasteiger partial charge is 0.315 e. The third-order valence-electron chi connectivity index (χ3n) is 4.51. The molecule has 2 N–H and O–H groups in total. The summed E-state index contributed by atoms with van der Waals surface area (Å²) in [6.07, 6.45) is 0.509. The van der Waals surface area contributed by atoms with Crippen molar-refractivity contribution in [1.29, 1.82) is 0 Å². The molecule has 0 bridgehead atoms. The van der Waals surface area contributed by atoms with E-state index < -0.39 is 10.0 Å². The molecule has 27 heavy (non-hydrogen) atoms. The maximum absolute atomic E-state index is 13.2. The fourth-order valence-electron chi connectivity index (χ4n) is 3.25. The lowest BCUT2D eigenvalue weighted by Crippen LogP contribution is -2.41. The lowest BCUT2D eigenvalue weighted by molar-refractivity contribution is 0.233. The fourth-order valence-corrected chi connectivity index (χ4v) is 4.96. The van der Waals surface area contributed by atoms with Crippen LogP contribution < -0.4 is 10.6 Å². The Bertz CT molecular complexity index is 898. The molecule has 1 heterocycles. The van der Waals surface area contributed by atoms with Crippen molar-refractivity contribution in [1.82, 2.24) is 14.9 Å². The maximum Gasteiger partial charge on any atom is 0.315 e. The molecule has 0 radical (unpaired) electrons. The van der Waals surface area contributed by atoms with Crippen molar-refractivity contribution >= 4 is 16.1 Å². The van der Waals surface area contributed by atoms with Crippen LogP contribution in [0.15, 0.2) is 59.5 Å². The van der Waals surface area contributed by atoms with Gasteiger partial charge in [0.25, 0.3) is 0 Å². The number of nitrogens with one attached hydrogen (secondary N) is 2. The Morgan fingerprint density at radius 2 is 1.78 bits per heavy atom. The highest BCUT2D eigenvalue weighted by Crippen LogP contribution is 2.32. The van der Waals surface area contributed by atoms with Gasteiger partial charge in [-0.3, -0.25) is 0 Å². The lowest BCUT2D eigenvalue weighted by atomic mass is 10.0. The van der Waals surface area contributed by atoms with Crippen LogP contribution in [0.1, 0.15) is 37.4 Å². The van der Waals surface area contributed by atoms with E-state index in [0.29, 0.717) is 25.1 Å². The first-order chi connectivity index (χ1) is 12.9. The number of sulfonamides is 1. The molecule has 0 aromatic heterocycles. The Morgan fingerprint density at radius 1 is 1.11 bits per heavy atom. The van der Waals surface area contributed by atoms with Crippen LogP contribution in [0.2, 0.25) is 0 Å². The highest BCUT2D eigenvalue weighted by Gasteiger charge is 2.34. The Kier molecular flexibility index (Phi) is 5.82. The summed E-state index contributed by atoms with van der Waals surface area (Å²) in [6.45, 7) is 4.40. The van der Waals surface area contributed by atoms with Gasteiger partial charge in [0, 0.05) is 19.1 Å². The highest BCUT2D eigenvalue weighted by molar-refractivity contribution is 7.89. The molecular formula is C20H25N3O3S. The predicted molar refractivity (Wildman–Crippen MR) is 105 cm³/mol. The summed E-state index contributed by atoms with van der Waals surface area (Å²) in [7, 11) is -3.65. The number of amides is 2. The van der Waals surface area contributed by atoms with Crippen LogP contribution in [0, 0.1) is 0 Å². The summed E-state index contributed by atoms with van der Waals surface area (Å²) < 4.78 is 28.0. The van der Waals surface area contributed by atoms with E-state index in [2.05, 4.69) is 10.6 Å². The minimum Gasteiger partial charge on any atom is -0.336 e. The molecule has 0 spiro atoms. The van der Waals surface area contributed by atoms with Crippen LogP contribution in [-0.4, -0.2) is 31.3 Å². The van der Waals surface area contributed by atoms with Crippen molar-refractivity contribution in [2.75, 3.05) is 6.54 Å². The van der Waals surface area contributed by atoms with Crippen molar-refractivity contribution < 1.29 is 13.2 Å². The number of rotatable bonds is 4. The van der Waals surface area contributed by atoms with Gasteiger partial charge < -0.3 is 10.6 Å². The molecular weight excluding hydrogens is 362 g/mol. The van der Waals surface area contributed by atoms with E-state index in [4.69, 9.17) is 0 Å². The van der Waals surface area contributed by atoms with Gasteiger partial charge in [0.2, 0.25) is 10.0 Å². The van der Waals surface area contributed by atoms with Crippen molar-refractivity contribution in [3.63, 3.8) is 0 Å². The topological polar surface area (TPSA) is 78.5 Å². The molecule has 0 saturated carbocycles. The normalized spacial score (nSPS) is 19.1. The summed E-state index contributed by atoms with van der Waals surface area (Å²) in [6, 6.07) is 15.8. The van der Waals surface area contributed by atoms with E-state index in [0.717, 1.165) is 5.56 Å². The van der Waals surface area contributed by atoms with Crippen molar-refractivity contribution in [3.8, 4) is 0 Å². The molecule has 0 unspecified atom stereocenters. The summed E-state index contributed by atoms with van der Waals surface area (Å²) in [4.78, 5) is 12.5. The second-order valence-electron chi connectivity index (χ2n) is 6.98. The van der Waals surface area contributed by atoms with E-state index in [1.807, 2.05) is 44.2 Å². The second kappa shape index (κ2) is 8.10. The third kappa shape index (κ3) is 4.48. The van der Waals surface area contributed by atoms with Crippen LogP contribution in [0.25, 0.3) is 0 Å². The van der Waals surface area contributed by atoms with E-state index in [-0.39, 0.29) is 23.0 Å². The number of fused-ring (bicyclic) bond motifs is 1. The zero-order valence-electron chi connectivity index (χ0n) is 15.6. The number of hydrogen-bond donors (Lipinski definition) is 2. The zero-order chi connectivity index (χ0) is 19.4. The quantitative estimate of drug-likeness (QED) is 0.846. The number of nitrogens with zero attached hydrogens (tertiary/aromatic N) is 1. The van der Waals surface area contributed by atoms with E-state index in [1.54, 1.807) is 24.3 Å². The Hall–Kier alpha value is -2.38. The van der Waals surface area contributed by atoms with Crippen LogP contribution in [0.5, 0.6) is 0 Å². The van der Waals surface area contributed by atoms with Crippen LogP contribution in [0.4, 0.5) is 4.79 Å². The predicted octanol–water partition coefficient (Wildman–Crippen LogP) is 3.03. The van der Waals surface area contributed by atoms with Crippen LogP contribution >= 0.6 is 0 Å². The first kappa shape index (κ1) is 19.4. The second-order valence-corrected chi connectivity index (χ2v) is 8.88. The molecule has 2 aromatic rings. The van der Waals surface area contributed by atoms with Gasteiger partial charge in [0.15, 0.2) is 0 Å². The monoisotopic (exact) mass is 387 g/mol. The highest BCUT2D eigenvalue weighted by atomic mass is 32.2. The van der Waals surface area contributed by atoms with Gasteiger partial charge in [-0.15, -0.1) is 0 Å². The van der Waals surface area contributed by atoms with Gasteiger partial charge in [0.1, 0.15) is 0 Å². The molecule has 0 aliphatic carbocycles. The molecule has 1 aliphatic heterocycles. The summed E-state index contributed by atoms with van der Waals surface area (Å²) >= 11 is 0. The molecule has 3 rings (SSSR count). The Morgan fingerprint density at radius 3 is 2.48 bits per heavy atom. The lowest BCUT2D eigenvalue weighted by Gasteiger charge is -2.20. The maximum atomic E-state index is 13.2. The number of carbonyl (C=O) groups excluding carboxylic acids is 1. The SMILES string of the molecule is CC(C)NC(=O)N[C@@H]1CCN(Cc2ccccc2)S(=O)(=O)c2ccccc21. The van der Waals surface area contributed by atoms with Gasteiger partial charge in [-0.05, 0) is 37.5 Å². The van der Waals surface area contributed by atoms with Crippen LogP contribution in [-0.2, 0) is 16.6 Å². The standard InChI is InChI=1S/C20H25N3O3S/c1-15(2)21-20(24)22-18-12-13-23(14-16-8-4-3-5-9-16)27(25,26)19-11-7-6-10-17(18)19/h3-11,15,18H,12-14H2,1-2H3,(H2,21,22,24)/t18-/m1/s1. The van der Waals surface area contributed by atoms with Crippen molar-refractivity contribution in [2.24, 2.45) is 0 Å². The molecule has 6 nitrogen and oxygen atoms in total. The summed E-state index contributed by atoms with van der Waals surface area (Å²) in [5.74, 6) is 0. The van der Waals surface area contributed by atoms with Gasteiger partial charge >= 0.3 is 6.03 Å². The van der Waals surface area contributed by atoms with Gasteiger partial charge in [-0.1, -0.05) is 48.5 Å². The largest absolute Gasteiger partial charge is 0.336 e. The van der Waals surface area contributed by atoms with Crippen molar-refractivity contribution in [2.45, 2.75) is 43.8 Å². The van der Waals surface area contributed by atoms with Gasteiger partial charge in [-0.25, -0.2) is 13.2 Å². The molecule has 144 valence electrons. The minimum absolute atomic E-state index is 0.00401. The average molecular weight is 388 g/mol. The van der Waals surface area contributed by atoms with E-state index in [9.17, 15) is 13.2 Å². The Labute approximate surface area is 160 Å². The molecule has 1 aliphatic rings. The molecule has 1 atom stereocenters. The molecule has 0 fully saturated rings. The summed E-state index contributed by atoms with van der Waals surface area (Å²) in [5.41, 5.74) is 1.56. The fraction of sp³-hybridized carbons (Fsp3) is 0.350. The number of urea groups is 1. The Balaban J connectivity index is 1.91.